The first-order valence-electron chi connectivity index (χ1n) is 6.62. The molecule has 3 aliphatic carbocycles. The molecule has 1 fully saturated rings. The fourth-order valence-corrected chi connectivity index (χ4v) is 3.40. The Hall–Kier alpha value is -1.04. The molecule has 0 heterocycles. The molecule has 0 amide bonds. The average molecular weight is 212 g/mol. The first-order chi connectivity index (χ1) is 7.93. The van der Waals surface area contributed by atoms with Crippen molar-refractivity contribution in [3.8, 4) is 0 Å². The van der Waals surface area contributed by atoms with Gasteiger partial charge in [0.1, 0.15) is 0 Å². The third-order valence-corrected chi connectivity index (χ3v) is 4.33. The fraction of sp³-hybridized carbons (Fsp3) is 0.500. The minimum Gasteiger partial charge on any atom is -0.0885 e. The summed E-state index contributed by atoms with van der Waals surface area (Å²) in [6.45, 7) is 0. The van der Waals surface area contributed by atoms with Crippen LogP contribution in [0.3, 0.4) is 0 Å². The Bertz CT molecular complexity index is 379. The van der Waals surface area contributed by atoms with Crippen LogP contribution in [0.2, 0.25) is 0 Å². The maximum Gasteiger partial charge on any atom is -0.00948 e. The van der Waals surface area contributed by atoms with E-state index in [1.54, 1.807) is 11.1 Å². The topological polar surface area (TPSA) is 0 Å². The molecule has 0 radical (unpaired) electrons. The number of allylic oxidation sites excluding steroid dienone is 8. The molecule has 0 aromatic carbocycles. The van der Waals surface area contributed by atoms with Crippen LogP contribution in [0.5, 0.6) is 0 Å². The Kier molecular flexibility index (Phi) is 2.82. The number of hydrogen-bond donors (Lipinski definition) is 0. The first kappa shape index (κ1) is 10.1. The van der Waals surface area contributed by atoms with Gasteiger partial charge in [0.15, 0.2) is 0 Å². The van der Waals surface area contributed by atoms with E-state index in [-0.39, 0.29) is 0 Å². The molecule has 0 bridgehead atoms. The van der Waals surface area contributed by atoms with Crippen LogP contribution < -0.4 is 0 Å². The number of fused-ring (bicyclic) bond motifs is 1. The van der Waals surface area contributed by atoms with E-state index in [0.29, 0.717) is 0 Å². The zero-order valence-electron chi connectivity index (χ0n) is 9.86. The summed E-state index contributed by atoms with van der Waals surface area (Å²) in [7, 11) is 0. The van der Waals surface area contributed by atoms with Gasteiger partial charge in [0.25, 0.3) is 0 Å². The van der Waals surface area contributed by atoms with Crippen molar-refractivity contribution in [2.75, 3.05) is 0 Å². The van der Waals surface area contributed by atoms with Gasteiger partial charge in [-0.15, -0.1) is 0 Å². The summed E-state index contributed by atoms with van der Waals surface area (Å²) in [5, 5.41) is 0. The van der Waals surface area contributed by atoms with Crippen molar-refractivity contribution in [3.63, 3.8) is 0 Å². The molecule has 84 valence electrons. The van der Waals surface area contributed by atoms with E-state index in [0.717, 1.165) is 11.8 Å². The van der Waals surface area contributed by atoms with E-state index >= 15 is 0 Å². The van der Waals surface area contributed by atoms with Crippen molar-refractivity contribution in [2.45, 2.75) is 38.5 Å². The van der Waals surface area contributed by atoms with E-state index in [4.69, 9.17) is 0 Å². The van der Waals surface area contributed by atoms with Crippen molar-refractivity contribution in [3.05, 3.63) is 47.6 Å². The summed E-state index contributed by atoms with van der Waals surface area (Å²) in [5.41, 5.74) is 3.37. The van der Waals surface area contributed by atoms with Gasteiger partial charge in [0.2, 0.25) is 0 Å². The number of rotatable bonds is 0. The van der Waals surface area contributed by atoms with Crippen LogP contribution in [0.15, 0.2) is 47.6 Å². The van der Waals surface area contributed by atoms with Crippen LogP contribution in [-0.2, 0) is 0 Å². The number of hydrogen-bond acceptors (Lipinski definition) is 0. The maximum atomic E-state index is 2.41. The van der Waals surface area contributed by atoms with Crippen LogP contribution in [-0.4, -0.2) is 0 Å². The Morgan fingerprint density at radius 3 is 2.75 bits per heavy atom. The van der Waals surface area contributed by atoms with E-state index < -0.39 is 0 Å². The summed E-state index contributed by atoms with van der Waals surface area (Å²) < 4.78 is 0. The SMILES string of the molecule is C1=CCC(=C2CC3CC=CCCC3C2)C=C1. The summed E-state index contributed by atoms with van der Waals surface area (Å²) in [6.07, 6.45) is 21.7. The van der Waals surface area contributed by atoms with E-state index in [1.807, 2.05) is 0 Å². The molecule has 0 aromatic rings. The molecule has 0 aliphatic heterocycles. The molecule has 0 heteroatoms. The molecular weight excluding hydrogens is 192 g/mol. The van der Waals surface area contributed by atoms with Crippen molar-refractivity contribution in [1.29, 1.82) is 0 Å². The van der Waals surface area contributed by atoms with E-state index in [9.17, 15) is 0 Å². The molecule has 1 saturated carbocycles. The Labute approximate surface area is 98.4 Å². The highest BCUT2D eigenvalue weighted by Crippen LogP contribution is 2.44. The van der Waals surface area contributed by atoms with Crippen LogP contribution >= 0.6 is 0 Å². The minimum atomic E-state index is 0.945. The molecule has 16 heavy (non-hydrogen) atoms. The molecule has 0 N–H and O–H groups in total. The highest BCUT2D eigenvalue weighted by molar-refractivity contribution is 5.35. The van der Waals surface area contributed by atoms with Crippen LogP contribution in [0, 0.1) is 11.8 Å². The van der Waals surface area contributed by atoms with Crippen LogP contribution in [0.4, 0.5) is 0 Å². The van der Waals surface area contributed by atoms with Gasteiger partial charge >= 0.3 is 0 Å². The predicted octanol–water partition coefficient (Wildman–Crippen LogP) is 4.57. The molecule has 0 nitrogen and oxygen atoms in total. The zero-order chi connectivity index (χ0) is 10.8. The average Bonchev–Trinajstić information content (AvgIpc) is 2.62. The van der Waals surface area contributed by atoms with Gasteiger partial charge in [-0.05, 0) is 55.9 Å². The Morgan fingerprint density at radius 2 is 1.88 bits per heavy atom. The standard InChI is InChI=1S/C16H20/c1-3-7-13(8-4-1)16-11-14-9-5-2-6-10-15(14)12-16/h1-5,7,14-15H,6,8-12H2. The smallest absolute Gasteiger partial charge is 0.00948 e. The molecule has 0 saturated heterocycles. The third kappa shape index (κ3) is 1.93. The lowest BCUT2D eigenvalue weighted by Crippen LogP contribution is -2.04. The lowest BCUT2D eigenvalue weighted by molar-refractivity contribution is 0.378. The van der Waals surface area contributed by atoms with Crippen molar-refractivity contribution in [1.82, 2.24) is 0 Å². The molecule has 3 aliphatic rings. The van der Waals surface area contributed by atoms with Gasteiger partial charge in [-0.3, -0.25) is 0 Å². The summed E-state index contributed by atoms with van der Waals surface area (Å²) in [4.78, 5) is 0. The monoisotopic (exact) mass is 212 g/mol. The van der Waals surface area contributed by atoms with Gasteiger partial charge in [-0.1, -0.05) is 42.0 Å². The van der Waals surface area contributed by atoms with Crippen molar-refractivity contribution in [2.24, 2.45) is 11.8 Å². The fourth-order valence-electron chi connectivity index (χ4n) is 3.40. The second-order valence-electron chi connectivity index (χ2n) is 5.33. The second-order valence-corrected chi connectivity index (χ2v) is 5.33. The van der Waals surface area contributed by atoms with Crippen LogP contribution in [0.25, 0.3) is 0 Å². The first-order valence-corrected chi connectivity index (χ1v) is 6.62. The van der Waals surface area contributed by atoms with Crippen molar-refractivity contribution < 1.29 is 0 Å². The minimum absolute atomic E-state index is 0.945. The third-order valence-electron chi connectivity index (χ3n) is 4.33. The van der Waals surface area contributed by atoms with Crippen molar-refractivity contribution >= 4 is 0 Å². The maximum absolute atomic E-state index is 2.41. The van der Waals surface area contributed by atoms with Crippen LogP contribution in [0.1, 0.15) is 38.5 Å². The molecular formula is C16H20. The summed E-state index contributed by atoms with van der Waals surface area (Å²) in [6, 6.07) is 0. The van der Waals surface area contributed by atoms with Gasteiger partial charge in [-0.2, -0.15) is 0 Å². The highest BCUT2D eigenvalue weighted by atomic mass is 14.4. The Morgan fingerprint density at radius 1 is 0.938 bits per heavy atom. The van der Waals surface area contributed by atoms with E-state index in [2.05, 4.69) is 36.5 Å². The van der Waals surface area contributed by atoms with Gasteiger partial charge in [-0.25, -0.2) is 0 Å². The predicted molar refractivity (Wildman–Crippen MR) is 69.1 cm³/mol. The molecule has 3 rings (SSSR count). The molecule has 0 aromatic heterocycles. The summed E-state index contributed by atoms with van der Waals surface area (Å²) >= 11 is 0. The van der Waals surface area contributed by atoms with Gasteiger partial charge in [0.05, 0.1) is 0 Å². The van der Waals surface area contributed by atoms with E-state index in [1.165, 1.54) is 38.5 Å². The second kappa shape index (κ2) is 4.45. The molecule has 0 spiro atoms. The Balaban J connectivity index is 1.79. The zero-order valence-corrected chi connectivity index (χ0v) is 9.86. The highest BCUT2D eigenvalue weighted by Gasteiger charge is 2.30. The van der Waals surface area contributed by atoms with Gasteiger partial charge in [0, 0.05) is 0 Å². The molecule has 2 atom stereocenters. The molecule has 2 unspecified atom stereocenters. The summed E-state index contributed by atoms with van der Waals surface area (Å²) in [5.74, 6) is 1.91. The van der Waals surface area contributed by atoms with Gasteiger partial charge < -0.3 is 0 Å². The lowest BCUT2D eigenvalue weighted by atomic mass is 9.91. The quantitative estimate of drug-likeness (QED) is 0.516. The largest absolute Gasteiger partial charge is 0.0885 e. The normalized spacial score (nSPS) is 37.5. The lowest BCUT2D eigenvalue weighted by Gasteiger charge is -2.13.